The SMILES string of the molecule is CC[C@H](C(=O)N1CCC(c2nc3c(nnn3Cc3ccccc3)c(=O)[nH]2)CC1)c1ccccc1. The number of aromatic amines is 1. The summed E-state index contributed by atoms with van der Waals surface area (Å²) in [5.41, 5.74) is 2.60. The van der Waals surface area contributed by atoms with E-state index >= 15 is 0 Å². The first-order valence-corrected chi connectivity index (χ1v) is 11.8. The first-order valence-electron chi connectivity index (χ1n) is 11.8. The number of carbonyl (C=O) groups is 1. The largest absolute Gasteiger partial charge is 0.342 e. The molecule has 174 valence electrons. The highest BCUT2D eigenvalue weighted by Crippen LogP contribution is 2.29. The Labute approximate surface area is 197 Å². The molecule has 8 nitrogen and oxygen atoms in total. The summed E-state index contributed by atoms with van der Waals surface area (Å²) in [4.78, 5) is 35.5. The van der Waals surface area contributed by atoms with Gasteiger partial charge in [-0.25, -0.2) is 9.67 Å². The summed E-state index contributed by atoms with van der Waals surface area (Å²) in [5.74, 6) is 0.786. The van der Waals surface area contributed by atoms with Crippen molar-refractivity contribution < 1.29 is 4.79 Å². The summed E-state index contributed by atoms with van der Waals surface area (Å²) >= 11 is 0. The minimum absolute atomic E-state index is 0.0815. The van der Waals surface area contributed by atoms with Crippen molar-refractivity contribution >= 4 is 17.1 Å². The van der Waals surface area contributed by atoms with E-state index in [9.17, 15) is 9.59 Å². The molecule has 1 aliphatic heterocycles. The maximum atomic E-state index is 13.2. The van der Waals surface area contributed by atoms with Crippen LogP contribution in [0.4, 0.5) is 0 Å². The van der Waals surface area contributed by atoms with E-state index in [4.69, 9.17) is 4.98 Å². The summed E-state index contributed by atoms with van der Waals surface area (Å²) in [6, 6.07) is 19.9. The molecule has 1 fully saturated rings. The molecule has 1 aliphatic rings. The van der Waals surface area contributed by atoms with Crippen LogP contribution in [-0.2, 0) is 11.3 Å². The smallest absolute Gasteiger partial charge is 0.281 e. The lowest BCUT2D eigenvalue weighted by molar-refractivity contribution is -0.134. The Morgan fingerprint density at radius 1 is 1.06 bits per heavy atom. The van der Waals surface area contributed by atoms with Crippen molar-refractivity contribution in [2.45, 2.75) is 44.6 Å². The van der Waals surface area contributed by atoms with E-state index in [2.05, 4.69) is 22.2 Å². The number of amides is 1. The summed E-state index contributed by atoms with van der Waals surface area (Å²) in [6.07, 6.45) is 2.28. The third-order valence-electron chi connectivity index (χ3n) is 6.67. The normalized spacial score (nSPS) is 15.5. The van der Waals surface area contributed by atoms with Crippen LogP contribution in [0, 0.1) is 0 Å². The Morgan fingerprint density at radius 3 is 2.41 bits per heavy atom. The van der Waals surface area contributed by atoms with Gasteiger partial charge >= 0.3 is 0 Å². The van der Waals surface area contributed by atoms with Crippen molar-refractivity contribution in [1.29, 1.82) is 0 Å². The van der Waals surface area contributed by atoms with Crippen LogP contribution in [0.2, 0.25) is 0 Å². The van der Waals surface area contributed by atoms with Gasteiger partial charge in [0.15, 0.2) is 11.2 Å². The van der Waals surface area contributed by atoms with Gasteiger partial charge in [-0.2, -0.15) is 0 Å². The van der Waals surface area contributed by atoms with Crippen LogP contribution >= 0.6 is 0 Å². The van der Waals surface area contributed by atoms with Crippen molar-refractivity contribution in [3.05, 3.63) is 88.0 Å². The third-order valence-corrected chi connectivity index (χ3v) is 6.67. The molecule has 1 amide bonds. The minimum atomic E-state index is -0.270. The molecule has 1 saturated heterocycles. The van der Waals surface area contributed by atoms with Gasteiger partial charge in [-0.05, 0) is 30.4 Å². The number of carbonyl (C=O) groups excluding carboxylic acids is 1. The number of piperidine rings is 1. The van der Waals surface area contributed by atoms with Crippen molar-refractivity contribution in [2.24, 2.45) is 0 Å². The Kier molecular flexibility index (Phi) is 6.20. The lowest BCUT2D eigenvalue weighted by Crippen LogP contribution is -2.41. The van der Waals surface area contributed by atoms with Crippen molar-refractivity contribution in [3.8, 4) is 0 Å². The van der Waals surface area contributed by atoms with Crippen LogP contribution in [0.5, 0.6) is 0 Å². The number of benzene rings is 2. The predicted molar refractivity (Wildman–Crippen MR) is 130 cm³/mol. The fraction of sp³-hybridized carbons (Fsp3) is 0.346. The molecule has 2 aromatic heterocycles. The van der Waals surface area contributed by atoms with Gasteiger partial charge < -0.3 is 9.88 Å². The van der Waals surface area contributed by atoms with E-state index in [0.29, 0.717) is 31.1 Å². The van der Waals surface area contributed by atoms with E-state index in [1.54, 1.807) is 4.68 Å². The fourth-order valence-corrected chi connectivity index (χ4v) is 4.77. The standard InChI is InChI=1S/C26H28N6O2/c1-2-21(19-11-7-4-8-12-19)26(34)31-15-13-20(14-16-31)23-27-24-22(25(33)28-23)29-30-32(24)17-18-9-5-3-6-10-18/h3-12,20-21H,2,13-17H2,1H3,(H,27,28,33)/t21-/m0/s1. The average molecular weight is 457 g/mol. The van der Waals surface area contributed by atoms with Crippen molar-refractivity contribution in [3.63, 3.8) is 0 Å². The molecule has 0 aliphatic carbocycles. The topological polar surface area (TPSA) is 96.8 Å². The number of nitrogens with zero attached hydrogens (tertiary/aromatic N) is 5. The van der Waals surface area contributed by atoms with E-state index in [1.165, 1.54) is 0 Å². The molecule has 0 unspecified atom stereocenters. The maximum absolute atomic E-state index is 13.2. The van der Waals surface area contributed by atoms with Gasteiger partial charge in [0.2, 0.25) is 5.91 Å². The quantitative estimate of drug-likeness (QED) is 0.479. The zero-order valence-electron chi connectivity index (χ0n) is 19.2. The second-order valence-corrected chi connectivity index (χ2v) is 8.83. The highest BCUT2D eigenvalue weighted by atomic mass is 16.2. The second kappa shape index (κ2) is 9.59. The van der Waals surface area contributed by atoms with Gasteiger partial charge in [0.1, 0.15) is 5.82 Å². The molecule has 2 aromatic carbocycles. The number of rotatable bonds is 6. The van der Waals surface area contributed by atoms with Crippen LogP contribution in [0.3, 0.4) is 0 Å². The zero-order valence-corrected chi connectivity index (χ0v) is 19.2. The predicted octanol–water partition coefficient (Wildman–Crippen LogP) is 3.46. The van der Waals surface area contributed by atoms with Gasteiger partial charge in [-0.15, -0.1) is 5.10 Å². The first kappa shape index (κ1) is 22.0. The molecule has 1 atom stereocenters. The summed E-state index contributed by atoms with van der Waals surface area (Å²) in [5, 5.41) is 8.21. The molecule has 0 saturated carbocycles. The molecule has 1 N–H and O–H groups in total. The number of aromatic nitrogens is 5. The molecule has 5 rings (SSSR count). The Hall–Kier alpha value is -3.81. The van der Waals surface area contributed by atoms with Crippen LogP contribution in [0.15, 0.2) is 65.5 Å². The molecule has 0 bridgehead atoms. The molecule has 4 aromatic rings. The Bertz CT molecular complexity index is 1320. The number of nitrogens with one attached hydrogen (secondary N) is 1. The van der Waals surface area contributed by atoms with Gasteiger partial charge in [0, 0.05) is 19.0 Å². The molecular weight excluding hydrogens is 428 g/mol. The summed E-state index contributed by atoms with van der Waals surface area (Å²) in [7, 11) is 0. The van der Waals surface area contributed by atoms with Crippen LogP contribution in [0.25, 0.3) is 11.2 Å². The highest BCUT2D eigenvalue weighted by molar-refractivity contribution is 5.83. The maximum Gasteiger partial charge on any atom is 0.281 e. The first-order chi connectivity index (χ1) is 16.6. The van der Waals surface area contributed by atoms with Crippen LogP contribution in [0.1, 0.15) is 55.0 Å². The number of H-pyrrole nitrogens is 1. The molecule has 8 heteroatoms. The molecule has 34 heavy (non-hydrogen) atoms. The Morgan fingerprint density at radius 2 is 1.74 bits per heavy atom. The molecular formula is C26H28N6O2. The van der Waals surface area contributed by atoms with Crippen molar-refractivity contribution in [2.75, 3.05) is 13.1 Å². The highest BCUT2D eigenvalue weighted by Gasteiger charge is 2.30. The number of hydrogen-bond acceptors (Lipinski definition) is 5. The van der Waals surface area contributed by atoms with Gasteiger partial charge in [-0.3, -0.25) is 9.59 Å². The van der Waals surface area contributed by atoms with Gasteiger partial charge in [0.05, 0.1) is 12.5 Å². The monoisotopic (exact) mass is 456 g/mol. The fourth-order valence-electron chi connectivity index (χ4n) is 4.77. The average Bonchev–Trinajstić information content (AvgIpc) is 3.29. The van der Waals surface area contributed by atoms with Crippen LogP contribution in [-0.4, -0.2) is 48.9 Å². The van der Waals surface area contributed by atoms with E-state index in [1.807, 2.05) is 65.6 Å². The van der Waals surface area contributed by atoms with Crippen molar-refractivity contribution in [1.82, 2.24) is 29.9 Å². The minimum Gasteiger partial charge on any atom is -0.342 e. The number of likely N-dealkylation sites (tertiary alicyclic amines) is 1. The summed E-state index contributed by atoms with van der Waals surface area (Å²) in [6.45, 7) is 3.85. The lowest BCUT2D eigenvalue weighted by Gasteiger charge is -2.33. The number of fused-ring (bicyclic) bond motifs is 1. The molecule has 0 radical (unpaired) electrons. The van der Waals surface area contributed by atoms with Gasteiger partial charge in [0.25, 0.3) is 5.56 Å². The third kappa shape index (κ3) is 4.35. The molecule has 3 heterocycles. The molecule has 0 spiro atoms. The second-order valence-electron chi connectivity index (χ2n) is 8.83. The zero-order chi connectivity index (χ0) is 23.5. The Balaban J connectivity index is 1.32. The van der Waals surface area contributed by atoms with E-state index < -0.39 is 0 Å². The van der Waals surface area contributed by atoms with Crippen LogP contribution < -0.4 is 5.56 Å². The number of hydrogen-bond donors (Lipinski definition) is 1. The van der Waals surface area contributed by atoms with E-state index in [-0.39, 0.29) is 28.8 Å². The lowest BCUT2D eigenvalue weighted by atomic mass is 9.91. The van der Waals surface area contributed by atoms with E-state index in [0.717, 1.165) is 30.4 Å². The van der Waals surface area contributed by atoms with Gasteiger partial charge in [-0.1, -0.05) is 72.8 Å². The summed E-state index contributed by atoms with van der Waals surface area (Å²) < 4.78 is 1.67.